The molecular weight excluding hydrogens is 496 g/mol. The van der Waals surface area contributed by atoms with Gasteiger partial charge in [0, 0.05) is 43.8 Å². The quantitative estimate of drug-likeness (QED) is 0.232. The Kier molecular flexibility index (Phi) is 3.54. The van der Waals surface area contributed by atoms with Crippen LogP contribution in [0.2, 0.25) is 0 Å². The smallest absolute Gasteiger partial charge is 0.164 e. The van der Waals surface area contributed by atoms with Gasteiger partial charge in [0.2, 0.25) is 0 Å². The van der Waals surface area contributed by atoms with Gasteiger partial charge in [-0.3, -0.25) is 0 Å². The molecule has 4 aromatic heterocycles. The maximum absolute atomic E-state index is 5.23. The Bertz CT molecular complexity index is 2170. The summed E-state index contributed by atoms with van der Waals surface area (Å²) in [7, 11) is 0. The Hall–Kier alpha value is -5.76. The van der Waals surface area contributed by atoms with E-state index in [4.69, 9.17) is 29.9 Å². The molecule has 6 heterocycles. The molecule has 0 amide bonds. The Morgan fingerprint density at radius 1 is 0.300 bits per heavy atom. The highest BCUT2D eigenvalue weighted by atomic mass is 15.4. The minimum atomic E-state index is 0.632. The maximum atomic E-state index is 5.23. The highest BCUT2D eigenvalue weighted by Gasteiger charge is 2.25. The predicted octanol–water partition coefficient (Wildman–Crippen LogP) is 6.44. The van der Waals surface area contributed by atoms with E-state index in [1.807, 2.05) is 57.6 Å². The van der Waals surface area contributed by atoms with Crippen molar-refractivity contribution in [3.63, 3.8) is 0 Å². The van der Waals surface area contributed by atoms with Crippen molar-refractivity contribution in [3.05, 3.63) is 97.1 Å². The molecule has 8 aromatic rings. The van der Waals surface area contributed by atoms with Gasteiger partial charge < -0.3 is 0 Å². The molecule has 0 saturated carbocycles. The molecule has 4 bridgehead atoms. The minimum absolute atomic E-state index is 0.632. The zero-order valence-electron chi connectivity index (χ0n) is 20.8. The van der Waals surface area contributed by atoms with Crippen LogP contribution in [0.15, 0.2) is 97.1 Å². The van der Waals surface area contributed by atoms with Crippen molar-refractivity contribution in [1.29, 1.82) is 0 Å². The third-order valence-electron chi connectivity index (χ3n) is 7.91. The van der Waals surface area contributed by atoms with Crippen molar-refractivity contribution >= 4 is 44.1 Å². The topological polar surface area (TPSA) is 86.2 Å². The summed E-state index contributed by atoms with van der Waals surface area (Å²) in [5.41, 5.74) is 6.72. The highest BCUT2D eigenvalue weighted by Crippen LogP contribution is 2.38. The summed E-state index contributed by atoms with van der Waals surface area (Å²) in [5.74, 6) is 2.53. The summed E-state index contributed by atoms with van der Waals surface area (Å²) in [4.78, 5) is 30.8. The number of benzene rings is 4. The molecule has 0 N–H and O–H groups in total. The lowest BCUT2D eigenvalue weighted by Gasteiger charge is -2.03. The van der Waals surface area contributed by atoms with Crippen molar-refractivity contribution in [2.75, 3.05) is 0 Å². The molecule has 0 atom stereocenters. The first kappa shape index (κ1) is 20.2. The molecule has 4 aromatic carbocycles. The molecule has 10 rings (SSSR count). The Morgan fingerprint density at radius 2 is 0.550 bits per heavy atom. The molecule has 184 valence electrons. The first-order valence-electron chi connectivity index (χ1n) is 13.1. The fourth-order valence-corrected chi connectivity index (χ4v) is 6.14. The second-order valence-corrected chi connectivity index (χ2v) is 10.1. The molecular formula is C32H16N8. The van der Waals surface area contributed by atoms with Gasteiger partial charge in [0.25, 0.3) is 0 Å². The van der Waals surface area contributed by atoms with Crippen LogP contribution in [0.1, 0.15) is 0 Å². The van der Waals surface area contributed by atoms with E-state index < -0.39 is 0 Å². The van der Waals surface area contributed by atoms with E-state index in [0.29, 0.717) is 23.3 Å². The minimum Gasteiger partial charge on any atom is -0.208 e. The molecule has 2 aliphatic rings. The van der Waals surface area contributed by atoms with Crippen LogP contribution in [-0.4, -0.2) is 38.9 Å². The summed E-state index contributed by atoms with van der Waals surface area (Å²) >= 11 is 0. The van der Waals surface area contributed by atoms with Crippen molar-refractivity contribution in [2.24, 2.45) is 0 Å². The van der Waals surface area contributed by atoms with Gasteiger partial charge in [-0.2, -0.15) is 0 Å². The Morgan fingerprint density at radius 3 is 0.825 bits per heavy atom. The van der Waals surface area contributed by atoms with Crippen molar-refractivity contribution in [1.82, 2.24) is 38.9 Å². The van der Waals surface area contributed by atoms with Crippen LogP contribution in [-0.2, 0) is 0 Å². The van der Waals surface area contributed by atoms with Crippen LogP contribution in [0.25, 0.3) is 89.7 Å². The van der Waals surface area contributed by atoms with Crippen LogP contribution >= 0.6 is 0 Å². The van der Waals surface area contributed by atoms with E-state index in [9.17, 15) is 0 Å². The lowest BCUT2D eigenvalue weighted by Crippen LogP contribution is -2.02. The van der Waals surface area contributed by atoms with Gasteiger partial charge in [-0.15, -0.1) is 0 Å². The molecule has 2 aliphatic heterocycles. The second kappa shape index (κ2) is 7.00. The number of hydrogen-bond donors (Lipinski definition) is 0. The van der Waals surface area contributed by atoms with E-state index in [1.54, 1.807) is 0 Å². The molecule has 0 aliphatic carbocycles. The average molecular weight is 513 g/mol. The van der Waals surface area contributed by atoms with Gasteiger partial charge in [0.15, 0.2) is 45.9 Å². The van der Waals surface area contributed by atoms with Gasteiger partial charge >= 0.3 is 0 Å². The standard InChI is InChI=1S/C32H16N8/c1-2-10-18-17(9-1)25-33-26(18)36-30-23-15-7-8-16-24(23)32-38-28-20-12-4-3-11-19(20)27(34-28)37-31-22-14-6-5-13-21(22)29(35-25)39(31)40(30)32/h1-16H. The van der Waals surface area contributed by atoms with Crippen molar-refractivity contribution < 1.29 is 0 Å². The molecule has 40 heavy (non-hydrogen) atoms. The Labute approximate surface area is 225 Å². The lowest BCUT2D eigenvalue weighted by atomic mass is 10.1. The van der Waals surface area contributed by atoms with Gasteiger partial charge in [-0.25, -0.2) is 38.9 Å². The van der Waals surface area contributed by atoms with Gasteiger partial charge in [-0.05, 0) is 0 Å². The fourth-order valence-electron chi connectivity index (χ4n) is 6.14. The summed E-state index contributed by atoms with van der Waals surface area (Å²) < 4.78 is 4.09. The zero-order chi connectivity index (χ0) is 25.9. The highest BCUT2D eigenvalue weighted by molar-refractivity contribution is 6.09. The molecule has 0 unspecified atom stereocenters. The number of hydrogen-bond acceptors (Lipinski definition) is 6. The van der Waals surface area contributed by atoms with Gasteiger partial charge in [-0.1, -0.05) is 97.1 Å². The van der Waals surface area contributed by atoms with E-state index in [-0.39, 0.29) is 0 Å². The van der Waals surface area contributed by atoms with E-state index >= 15 is 0 Å². The molecule has 0 saturated heterocycles. The average Bonchev–Trinajstić information content (AvgIpc) is 3.72. The zero-order valence-corrected chi connectivity index (χ0v) is 20.8. The number of rotatable bonds is 0. The summed E-state index contributed by atoms with van der Waals surface area (Å²) in [6.07, 6.45) is 0. The monoisotopic (exact) mass is 512 g/mol. The molecule has 0 radical (unpaired) electrons. The largest absolute Gasteiger partial charge is 0.208 e. The summed E-state index contributed by atoms with van der Waals surface area (Å²) in [5, 5.41) is 3.84. The normalized spacial score (nSPS) is 12.5. The van der Waals surface area contributed by atoms with E-state index in [0.717, 1.165) is 66.4 Å². The lowest BCUT2D eigenvalue weighted by molar-refractivity contribution is 0.885. The number of fused-ring (bicyclic) bond motifs is 16. The molecule has 8 nitrogen and oxygen atoms in total. The van der Waals surface area contributed by atoms with Crippen LogP contribution in [0.4, 0.5) is 0 Å². The Balaban J connectivity index is 1.61. The third kappa shape index (κ3) is 2.41. The molecule has 0 spiro atoms. The first-order chi connectivity index (χ1) is 19.8. The third-order valence-corrected chi connectivity index (χ3v) is 7.91. The predicted molar refractivity (Wildman–Crippen MR) is 154 cm³/mol. The van der Waals surface area contributed by atoms with E-state index in [2.05, 4.69) is 48.5 Å². The molecule has 0 fully saturated rings. The first-order valence-corrected chi connectivity index (χ1v) is 13.1. The van der Waals surface area contributed by atoms with Crippen molar-refractivity contribution in [3.8, 4) is 45.6 Å². The second-order valence-electron chi connectivity index (χ2n) is 10.1. The van der Waals surface area contributed by atoms with Crippen molar-refractivity contribution in [2.45, 2.75) is 0 Å². The number of aromatic nitrogens is 8. The van der Waals surface area contributed by atoms with Crippen LogP contribution in [0.3, 0.4) is 0 Å². The van der Waals surface area contributed by atoms with Gasteiger partial charge in [0.05, 0.1) is 0 Å². The maximum Gasteiger partial charge on any atom is 0.164 e. The van der Waals surface area contributed by atoms with Gasteiger partial charge in [0.1, 0.15) is 0 Å². The van der Waals surface area contributed by atoms with Crippen LogP contribution in [0, 0.1) is 0 Å². The SMILES string of the molecule is c1ccc2c(c1)-c1nc-2nc2c3ccccc3c3nc4nc(nc5c6ccccc6c(n1)n5n23)-c1ccccc1-4. The number of nitrogens with zero attached hydrogens (tertiary/aromatic N) is 8. The van der Waals surface area contributed by atoms with Crippen LogP contribution in [0.5, 0.6) is 0 Å². The summed E-state index contributed by atoms with van der Waals surface area (Å²) in [6.45, 7) is 0. The summed E-state index contributed by atoms with van der Waals surface area (Å²) in [6, 6.07) is 32.7. The fraction of sp³-hybridized carbons (Fsp3) is 0. The van der Waals surface area contributed by atoms with E-state index in [1.165, 1.54) is 0 Å². The van der Waals surface area contributed by atoms with Crippen LogP contribution < -0.4 is 0 Å². The molecule has 8 heteroatoms.